The van der Waals surface area contributed by atoms with Gasteiger partial charge < -0.3 is 9.47 Å². The van der Waals surface area contributed by atoms with E-state index in [9.17, 15) is 18.0 Å². The first-order valence-electron chi connectivity index (χ1n) is 11.3. The van der Waals surface area contributed by atoms with Crippen molar-refractivity contribution in [2.24, 2.45) is 5.41 Å². The molecule has 0 bridgehead atoms. The number of allylic oxidation sites excluding steroid dienone is 2. The molecule has 0 saturated carbocycles. The molecular weight excluding hydrogens is 443 g/mol. The molecular formula is C27H32F3NO3. The number of aromatic nitrogens is 1. The lowest BCUT2D eigenvalue weighted by Gasteiger charge is -2.33. The van der Waals surface area contributed by atoms with Gasteiger partial charge in [-0.25, -0.2) is 4.79 Å². The highest BCUT2D eigenvalue weighted by molar-refractivity contribution is 5.88. The minimum atomic E-state index is -4.69. The van der Waals surface area contributed by atoms with Gasteiger partial charge in [0.25, 0.3) is 0 Å². The Kier molecular flexibility index (Phi) is 7.27. The number of rotatable bonds is 5. The van der Waals surface area contributed by atoms with Gasteiger partial charge in [0.1, 0.15) is 0 Å². The Labute approximate surface area is 199 Å². The molecule has 1 aliphatic carbocycles. The van der Waals surface area contributed by atoms with Crippen molar-refractivity contribution in [1.82, 2.24) is 4.98 Å². The number of benzene rings is 1. The molecule has 4 nitrogen and oxygen atoms in total. The molecule has 1 aromatic carbocycles. The molecule has 0 aliphatic heterocycles. The van der Waals surface area contributed by atoms with E-state index in [1.165, 1.54) is 6.07 Å². The van der Waals surface area contributed by atoms with E-state index < -0.39 is 29.4 Å². The van der Waals surface area contributed by atoms with E-state index in [1.807, 2.05) is 6.08 Å². The topological polar surface area (TPSA) is 48.4 Å². The lowest BCUT2D eigenvalue weighted by atomic mass is 9.74. The zero-order chi connectivity index (χ0) is 25.3. The molecule has 184 valence electrons. The number of ether oxygens (including phenoxy) is 2. The van der Waals surface area contributed by atoms with Gasteiger partial charge in [-0.2, -0.15) is 13.2 Å². The van der Waals surface area contributed by atoms with Crippen molar-refractivity contribution >= 4 is 11.5 Å². The highest BCUT2D eigenvalue weighted by atomic mass is 19.4. The molecule has 1 unspecified atom stereocenters. The zero-order valence-corrected chi connectivity index (χ0v) is 20.5. The molecule has 0 fully saturated rings. The molecule has 1 aliphatic rings. The maximum absolute atomic E-state index is 14.4. The van der Waals surface area contributed by atoms with Crippen LogP contribution in [0.4, 0.5) is 13.2 Å². The second-order valence-electron chi connectivity index (χ2n) is 10.4. The van der Waals surface area contributed by atoms with Crippen molar-refractivity contribution in [1.29, 1.82) is 0 Å². The molecule has 0 saturated heterocycles. The Balaban J connectivity index is 2.42. The minimum absolute atomic E-state index is 0.0474. The standard InChI is InChI=1S/C27H32F3NO3/c1-25(2,3)34-23(24(32)33-6)22-20(27(28,29)30)8-7-19(17-11-15-31-16-12-17)21(22)18-9-13-26(4,5)14-10-18/h7-9,11-12,15-16,23H,10,13-14H2,1-6H3. The van der Waals surface area contributed by atoms with Crippen LogP contribution in [-0.4, -0.2) is 23.7 Å². The molecule has 0 radical (unpaired) electrons. The van der Waals surface area contributed by atoms with Crippen LogP contribution >= 0.6 is 0 Å². The third kappa shape index (κ3) is 5.87. The van der Waals surface area contributed by atoms with Crippen LogP contribution in [0.2, 0.25) is 0 Å². The van der Waals surface area contributed by atoms with E-state index in [4.69, 9.17) is 9.47 Å². The average molecular weight is 476 g/mol. The number of esters is 1. The van der Waals surface area contributed by atoms with Crippen LogP contribution in [0.3, 0.4) is 0 Å². The number of nitrogens with zero attached hydrogens (tertiary/aromatic N) is 1. The molecule has 7 heteroatoms. The van der Waals surface area contributed by atoms with E-state index in [-0.39, 0.29) is 11.0 Å². The van der Waals surface area contributed by atoms with Gasteiger partial charge in [-0.3, -0.25) is 4.98 Å². The number of carbonyl (C=O) groups excluding carboxylic acids is 1. The number of carbonyl (C=O) groups is 1. The summed E-state index contributed by atoms with van der Waals surface area (Å²) in [5, 5.41) is 0. The van der Waals surface area contributed by atoms with E-state index in [0.29, 0.717) is 23.1 Å². The Morgan fingerprint density at radius 2 is 1.74 bits per heavy atom. The Bertz CT molecular complexity index is 1070. The van der Waals surface area contributed by atoms with Crippen molar-refractivity contribution in [3.8, 4) is 11.1 Å². The van der Waals surface area contributed by atoms with E-state index >= 15 is 0 Å². The van der Waals surface area contributed by atoms with Gasteiger partial charge >= 0.3 is 12.1 Å². The Hall–Kier alpha value is -2.67. The Morgan fingerprint density at radius 1 is 1.09 bits per heavy atom. The van der Waals surface area contributed by atoms with Crippen molar-refractivity contribution in [2.45, 2.75) is 71.8 Å². The monoisotopic (exact) mass is 475 g/mol. The van der Waals surface area contributed by atoms with Crippen LogP contribution in [0.25, 0.3) is 16.7 Å². The van der Waals surface area contributed by atoms with Crippen molar-refractivity contribution in [3.63, 3.8) is 0 Å². The summed E-state index contributed by atoms with van der Waals surface area (Å²) in [6.07, 6.45) is 1.07. The minimum Gasteiger partial charge on any atom is -0.467 e. The quantitative estimate of drug-likeness (QED) is 0.423. The largest absolute Gasteiger partial charge is 0.467 e. The van der Waals surface area contributed by atoms with Gasteiger partial charge in [-0.1, -0.05) is 26.0 Å². The molecule has 0 N–H and O–H groups in total. The number of halogens is 3. The lowest BCUT2D eigenvalue weighted by Crippen LogP contribution is -2.31. The van der Waals surface area contributed by atoms with Crippen LogP contribution in [0.1, 0.15) is 76.7 Å². The maximum Gasteiger partial charge on any atom is 0.416 e. The summed E-state index contributed by atoms with van der Waals surface area (Å²) in [6.45, 7) is 9.37. The third-order valence-electron chi connectivity index (χ3n) is 5.98. The molecule has 34 heavy (non-hydrogen) atoms. The summed E-state index contributed by atoms with van der Waals surface area (Å²) in [4.78, 5) is 17.0. The fourth-order valence-corrected chi connectivity index (χ4v) is 4.25. The van der Waals surface area contributed by atoms with Crippen LogP contribution in [0.15, 0.2) is 42.7 Å². The normalized spacial score (nSPS) is 17.1. The van der Waals surface area contributed by atoms with E-state index in [1.54, 1.807) is 45.3 Å². The number of hydrogen-bond donors (Lipinski definition) is 0. The van der Waals surface area contributed by atoms with Crippen LogP contribution in [-0.2, 0) is 20.4 Å². The highest BCUT2D eigenvalue weighted by Gasteiger charge is 2.42. The van der Waals surface area contributed by atoms with Gasteiger partial charge in [0, 0.05) is 18.0 Å². The second-order valence-corrected chi connectivity index (χ2v) is 10.4. The summed E-state index contributed by atoms with van der Waals surface area (Å²) >= 11 is 0. The molecule has 2 aromatic rings. The van der Waals surface area contributed by atoms with Crippen molar-refractivity contribution < 1.29 is 27.4 Å². The van der Waals surface area contributed by atoms with E-state index in [0.717, 1.165) is 31.6 Å². The van der Waals surface area contributed by atoms with Crippen molar-refractivity contribution in [3.05, 3.63) is 59.4 Å². The number of methoxy groups -OCH3 is 1. The van der Waals surface area contributed by atoms with Gasteiger partial charge in [-0.15, -0.1) is 0 Å². The summed E-state index contributed by atoms with van der Waals surface area (Å²) < 4.78 is 54.0. The Morgan fingerprint density at radius 3 is 2.24 bits per heavy atom. The maximum atomic E-state index is 14.4. The number of alkyl halides is 3. The molecule has 1 heterocycles. The second kappa shape index (κ2) is 9.53. The number of hydrogen-bond acceptors (Lipinski definition) is 4. The smallest absolute Gasteiger partial charge is 0.416 e. The van der Waals surface area contributed by atoms with E-state index in [2.05, 4.69) is 18.8 Å². The van der Waals surface area contributed by atoms with Gasteiger partial charge in [0.2, 0.25) is 0 Å². The van der Waals surface area contributed by atoms with Gasteiger partial charge in [-0.05, 0) is 85.9 Å². The van der Waals surface area contributed by atoms with Crippen molar-refractivity contribution in [2.75, 3.05) is 7.11 Å². The molecule has 3 rings (SSSR count). The summed E-state index contributed by atoms with van der Waals surface area (Å²) in [5.41, 5.74) is 0.531. The third-order valence-corrected chi connectivity index (χ3v) is 5.98. The lowest BCUT2D eigenvalue weighted by molar-refractivity contribution is -0.166. The van der Waals surface area contributed by atoms with Crippen LogP contribution in [0.5, 0.6) is 0 Å². The predicted molar refractivity (Wildman–Crippen MR) is 126 cm³/mol. The summed E-state index contributed by atoms with van der Waals surface area (Å²) in [5.74, 6) is -0.870. The first-order chi connectivity index (χ1) is 15.7. The predicted octanol–water partition coefficient (Wildman–Crippen LogP) is 7.39. The fraction of sp³-hybridized carbons (Fsp3) is 0.481. The molecule has 1 aromatic heterocycles. The summed E-state index contributed by atoms with van der Waals surface area (Å²) in [7, 11) is 1.16. The molecule has 1 atom stereocenters. The molecule has 0 amide bonds. The van der Waals surface area contributed by atoms with Gasteiger partial charge in [0.05, 0.1) is 18.3 Å². The van der Waals surface area contributed by atoms with Crippen LogP contribution in [0, 0.1) is 5.41 Å². The van der Waals surface area contributed by atoms with Crippen LogP contribution < -0.4 is 0 Å². The summed E-state index contributed by atoms with van der Waals surface area (Å²) in [6, 6.07) is 6.01. The number of pyridine rings is 1. The fourth-order valence-electron chi connectivity index (χ4n) is 4.25. The SMILES string of the molecule is COC(=O)C(OC(C)(C)C)c1c(C(F)(F)F)ccc(-c2ccncc2)c1C1=CCC(C)(C)CC1. The highest BCUT2D eigenvalue weighted by Crippen LogP contribution is 2.48. The average Bonchev–Trinajstić information content (AvgIpc) is 2.75. The molecule has 0 spiro atoms. The first kappa shape index (κ1) is 25.9. The van der Waals surface area contributed by atoms with Gasteiger partial charge in [0.15, 0.2) is 6.10 Å². The zero-order valence-electron chi connectivity index (χ0n) is 20.5. The first-order valence-corrected chi connectivity index (χ1v) is 11.3.